The molecule has 0 aliphatic carbocycles. The molecular formula is C16H27NO. The molecule has 0 heterocycles. The molecule has 0 radical (unpaired) electrons. The van der Waals surface area contributed by atoms with E-state index in [9.17, 15) is 0 Å². The van der Waals surface area contributed by atoms with Crippen LogP contribution in [0, 0.1) is 13.8 Å². The molecule has 1 aromatic carbocycles. The maximum atomic E-state index is 5.64. The first-order chi connectivity index (χ1) is 8.63. The normalized spacial score (nSPS) is 14.5. The molecule has 0 spiro atoms. The summed E-state index contributed by atoms with van der Waals surface area (Å²) in [5.41, 5.74) is 4.03. The number of ether oxygens (including phenoxy) is 1. The Hall–Kier alpha value is -0.860. The minimum atomic E-state index is 0.234. The third-order valence-corrected chi connectivity index (χ3v) is 3.45. The van der Waals surface area contributed by atoms with Crippen LogP contribution < -0.4 is 5.32 Å². The van der Waals surface area contributed by atoms with Crippen molar-refractivity contribution in [3.8, 4) is 0 Å². The topological polar surface area (TPSA) is 21.3 Å². The van der Waals surface area contributed by atoms with Crippen molar-refractivity contribution >= 4 is 0 Å². The van der Waals surface area contributed by atoms with Gasteiger partial charge < -0.3 is 10.1 Å². The van der Waals surface area contributed by atoms with Crippen molar-refractivity contribution < 1.29 is 4.74 Å². The van der Waals surface area contributed by atoms with Gasteiger partial charge in [-0.25, -0.2) is 0 Å². The summed E-state index contributed by atoms with van der Waals surface area (Å²) >= 11 is 0. The zero-order valence-electron chi connectivity index (χ0n) is 12.4. The molecule has 0 amide bonds. The van der Waals surface area contributed by atoms with Gasteiger partial charge in [0.2, 0.25) is 0 Å². The zero-order valence-corrected chi connectivity index (χ0v) is 12.4. The van der Waals surface area contributed by atoms with Crippen molar-refractivity contribution in [2.75, 3.05) is 13.7 Å². The van der Waals surface area contributed by atoms with Crippen molar-refractivity contribution in [1.82, 2.24) is 5.32 Å². The van der Waals surface area contributed by atoms with Crippen LogP contribution in [0.1, 0.15) is 49.4 Å². The summed E-state index contributed by atoms with van der Waals surface area (Å²) in [5, 5.41) is 3.62. The highest BCUT2D eigenvalue weighted by Gasteiger charge is 2.22. The van der Waals surface area contributed by atoms with Gasteiger partial charge in [-0.2, -0.15) is 0 Å². The summed E-state index contributed by atoms with van der Waals surface area (Å²) in [4.78, 5) is 0. The lowest BCUT2D eigenvalue weighted by Crippen LogP contribution is -2.34. The van der Waals surface area contributed by atoms with E-state index >= 15 is 0 Å². The lowest BCUT2D eigenvalue weighted by molar-refractivity contribution is 0.0649. The molecule has 0 fully saturated rings. The average molecular weight is 249 g/mol. The van der Waals surface area contributed by atoms with Crippen LogP contribution in [0.3, 0.4) is 0 Å². The molecule has 2 heteroatoms. The van der Waals surface area contributed by atoms with Crippen LogP contribution >= 0.6 is 0 Å². The Morgan fingerprint density at radius 1 is 1.22 bits per heavy atom. The fraction of sp³-hybridized carbons (Fsp3) is 0.625. The van der Waals surface area contributed by atoms with E-state index in [4.69, 9.17) is 4.74 Å². The Kier molecular flexibility index (Phi) is 6.37. The SMILES string of the molecule is CCCNC(c1ccc(C)cc1C)C(CC)OC. The lowest BCUT2D eigenvalue weighted by Gasteiger charge is -2.28. The Bertz CT molecular complexity index is 358. The number of aryl methyl sites for hydroxylation is 2. The fourth-order valence-corrected chi connectivity index (χ4v) is 2.45. The standard InChI is InChI=1S/C16H27NO/c1-6-10-17-16(15(7-2)18-5)14-9-8-12(3)11-13(14)4/h8-9,11,15-17H,6-7,10H2,1-5H3. The number of nitrogens with one attached hydrogen (secondary N) is 1. The molecule has 2 atom stereocenters. The minimum absolute atomic E-state index is 0.234. The molecule has 1 rings (SSSR count). The molecule has 0 aromatic heterocycles. The lowest BCUT2D eigenvalue weighted by atomic mass is 9.94. The molecule has 0 aliphatic heterocycles. The Morgan fingerprint density at radius 3 is 2.44 bits per heavy atom. The first kappa shape index (κ1) is 15.2. The van der Waals surface area contributed by atoms with Crippen molar-refractivity contribution in [2.45, 2.75) is 52.7 Å². The van der Waals surface area contributed by atoms with Gasteiger partial charge in [-0.1, -0.05) is 37.6 Å². The monoisotopic (exact) mass is 249 g/mol. The molecule has 18 heavy (non-hydrogen) atoms. The molecule has 1 aromatic rings. The summed E-state index contributed by atoms with van der Waals surface area (Å²) in [7, 11) is 1.80. The highest BCUT2D eigenvalue weighted by Crippen LogP contribution is 2.25. The van der Waals surface area contributed by atoms with Crippen LogP contribution in [0.15, 0.2) is 18.2 Å². The van der Waals surface area contributed by atoms with E-state index < -0.39 is 0 Å². The molecule has 2 nitrogen and oxygen atoms in total. The highest BCUT2D eigenvalue weighted by molar-refractivity contribution is 5.33. The number of rotatable bonds is 7. The van der Waals surface area contributed by atoms with E-state index in [1.807, 2.05) is 0 Å². The van der Waals surface area contributed by atoms with Gasteiger partial charge >= 0.3 is 0 Å². The number of hydrogen-bond donors (Lipinski definition) is 1. The van der Waals surface area contributed by atoms with Crippen LogP contribution in [0.2, 0.25) is 0 Å². The van der Waals surface area contributed by atoms with Crippen molar-refractivity contribution in [2.24, 2.45) is 0 Å². The van der Waals surface area contributed by atoms with Gasteiger partial charge in [0.05, 0.1) is 12.1 Å². The van der Waals surface area contributed by atoms with E-state index in [1.165, 1.54) is 16.7 Å². The van der Waals surface area contributed by atoms with E-state index in [2.05, 4.69) is 51.2 Å². The summed E-state index contributed by atoms with van der Waals surface area (Å²) < 4.78 is 5.64. The van der Waals surface area contributed by atoms with Gasteiger partial charge in [0, 0.05) is 7.11 Å². The van der Waals surface area contributed by atoms with E-state index in [0.29, 0.717) is 6.04 Å². The van der Waals surface area contributed by atoms with Crippen LogP contribution in [0.25, 0.3) is 0 Å². The second kappa shape index (κ2) is 7.55. The molecule has 0 saturated carbocycles. The molecule has 2 unspecified atom stereocenters. The first-order valence-corrected chi connectivity index (χ1v) is 6.97. The van der Waals surface area contributed by atoms with Crippen LogP contribution in [-0.4, -0.2) is 19.8 Å². The highest BCUT2D eigenvalue weighted by atomic mass is 16.5. The molecule has 0 saturated heterocycles. The van der Waals surface area contributed by atoms with Crippen molar-refractivity contribution in [3.05, 3.63) is 34.9 Å². The van der Waals surface area contributed by atoms with Gasteiger partial charge in [-0.15, -0.1) is 0 Å². The smallest absolute Gasteiger partial charge is 0.0763 e. The Labute approximate surface area is 112 Å². The van der Waals surface area contributed by atoms with Crippen molar-refractivity contribution in [1.29, 1.82) is 0 Å². The Balaban J connectivity index is 3.00. The van der Waals surface area contributed by atoms with E-state index in [-0.39, 0.29) is 6.10 Å². The third kappa shape index (κ3) is 3.82. The van der Waals surface area contributed by atoms with E-state index in [0.717, 1.165) is 19.4 Å². The molecule has 0 bridgehead atoms. The maximum Gasteiger partial charge on any atom is 0.0763 e. The predicted molar refractivity (Wildman–Crippen MR) is 78.0 cm³/mol. The van der Waals surface area contributed by atoms with Gasteiger partial charge in [0.15, 0.2) is 0 Å². The summed E-state index contributed by atoms with van der Waals surface area (Å²) in [6, 6.07) is 6.96. The van der Waals surface area contributed by atoms with Crippen LogP contribution in [0.4, 0.5) is 0 Å². The molecular weight excluding hydrogens is 222 g/mol. The van der Waals surface area contributed by atoms with Gasteiger partial charge in [-0.05, 0) is 44.4 Å². The first-order valence-electron chi connectivity index (χ1n) is 6.97. The van der Waals surface area contributed by atoms with Crippen LogP contribution in [-0.2, 0) is 4.74 Å². The number of methoxy groups -OCH3 is 1. The largest absolute Gasteiger partial charge is 0.379 e. The number of benzene rings is 1. The van der Waals surface area contributed by atoms with Crippen molar-refractivity contribution in [3.63, 3.8) is 0 Å². The minimum Gasteiger partial charge on any atom is -0.379 e. The fourth-order valence-electron chi connectivity index (χ4n) is 2.45. The number of hydrogen-bond acceptors (Lipinski definition) is 2. The molecule has 102 valence electrons. The molecule has 0 aliphatic rings. The summed E-state index contributed by atoms with van der Waals surface area (Å²) in [6.45, 7) is 9.72. The third-order valence-electron chi connectivity index (χ3n) is 3.45. The zero-order chi connectivity index (χ0) is 13.5. The van der Waals surface area contributed by atoms with Gasteiger partial charge in [0.1, 0.15) is 0 Å². The predicted octanol–water partition coefficient (Wildman–Crippen LogP) is 3.77. The second-order valence-electron chi connectivity index (χ2n) is 4.97. The summed E-state index contributed by atoms with van der Waals surface area (Å²) in [6.07, 6.45) is 2.39. The quantitative estimate of drug-likeness (QED) is 0.794. The van der Waals surface area contributed by atoms with Gasteiger partial charge in [0.25, 0.3) is 0 Å². The average Bonchev–Trinajstić information content (AvgIpc) is 2.35. The maximum absolute atomic E-state index is 5.64. The van der Waals surface area contributed by atoms with Crippen LogP contribution in [0.5, 0.6) is 0 Å². The second-order valence-corrected chi connectivity index (χ2v) is 4.97. The summed E-state index contributed by atoms with van der Waals surface area (Å²) in [5.74, 6) is 0. The molecule has 1 N–H and O–H groups in total. The van der Waals surface area contributed by atoms with E-state index in [1.54, 1.807) is 7.11 Å². The Morgan fingerprint density at radius 2 is 1.94 bits per heavy atom. The van der Waals surface area contributed by atoms with Gasteiger partial charge in [-0.3, -0.25) is 0 Å².